The molecule has 2 aliphatic rings. The molecule has 1 saturated heterocycles. The van der Waals surface area contributed by atoms with E-state index < -0.39 is 17.8 Å². The van der Waals surface area contributed by atoms with Crippen LogP contribution in [-0.2, 0) is 14.4 Å². The van der Waals surface area contributed by atoms with Crippen molar-refractivity contribution in [1.82, 2.24) is 10.2 Å². The summed E-state index contributed by atoms with van der Waals surface area (Å²) in [6.07, 6.45) is 2.28. The zero-order chi connectivity index (χ0) is 18.0. The average molecular weight is 344 g/mol. The number of carboxylic acids is 1. The van der Waals surface area contributed by atoms with E-state index in [0.717, 1.165) is 12.0 Å². The van der Waals surface area contributed by atoms with E-state index in [-0.39, 0.29) is 30.3 Å². The molecule has 1 aromatic rings. The van der Waals surface area contributed by atoms with Crippen LogP contribution < -0.4 is 5.32 Å². The molecule has 0 radical (unpaired) electrons. The van der Waals surface area contributed by atoms with Crippen molar-refractivity contribution >= 4 is 17.8 Å². The minimum Gasteiger partial charge on any atom is -0.481 e. The Kier molecular flexibility index (Phi) is 5.06. The van der Waals surface area contributed by atoms with E-state index in [2.05, 4.69) is 5.32 Å². The van der Waals surface area contributed by atoms with Crippen LogP contribution in [-0.4, -0.2) is 40.4 Å². The Bertz CT molecular complexity index is 661. The molecule has 0 unspecified atom stereocenters. The maximum Gasteiger partial charge on any atom is 0.308 e. The first-order valence-corrected chi connectivity index (χ1v) is 8.85. The molecule has 0 bridgehead atoms. The van der Waals surface area contributed by atoms with Crippen molar-refractivity contribution in [3.05, 3.63) is 35.9 Å². The molecule has 0 spiro atoms. The molecule has 6 heteroatoms. The Morgan fingerprint density at radius 1 is 1.24 bits per heavy atom. The lowest BCUT2D eigenvalue weighted by Crippen LogP contribution is -2.43. The SMILES string of the molecule is C[C@H](c1ccccc1)N1C[C@H](C(=O)N[C@H]2CCC[C@@H]2C(=O)O)CC1=O. The lowest BCUT2D eigenvalue weighted by Gasteiger charge is -2.25. The second-order valence-corrected chi connectivity index (χ2v) is 7.02. The first-order chi connectivity index (χ1) is 12.0. The molecular weight excluding hydrogens is 320 g/mol. The number of likely N-dealkylation sites (tertiary alicyclic amines) is 1. The molecule has 2 N–H and O–H groups in total. The monoisotopic (exact) mass is 344 g/mol. The summed E-state index contributed by atoms with van der Waals surface area (Å²) in [6, 6.07) is 9.35. The highest BCUT2D eigenvalue weighted by molar-refractivity contribution is 5.90. The zero-order valence-electron chi connectivity index (χ0n) is 14.4. The predicted octanol–water partition coefficient (Wildman–Crippen LogP) is 1.97. The lowest BCUT2D eigenvalue weighted by molar-refractivity contribution is -0.142. The minimum absolute atomic E-state index is 0.0299. The van der Waals surface area contributed by atoms with Crippen molar-refractivity contribution in [1.29, 1.82) is 0 Å². The molecule has 25 heavy (non-hydrogen) atoms. The quantitative estimate of drug-likeness (QED) is 0.855. The van der Waals surface area contributed by atoms with Crippen LogP contribution in [0.4, 0.5) is 0 Å². The van der Waals surface area contributed by atoms with E-state index in [9.17, 15) is 19.5 Å². The largest absolute Gasteiger partial charge is 0.481 e. The summed E-state index contributed by atoms with van der Waals surface area (Å²) in [5, 5.41) is 12.1. The highest BCUT2D eigenvalue weighted by Crippen LogP contribution is 2.30. The number of amides is 2. The van der Waals surface area contributed by atoms with Gasteiger partial charge in [-0.05, 0) is 25.3 Å². The van der Waals surface area contributed by atoms with Crippen LogP contribution in [0, 0.1) is 11.8 Å². The molecule has 4 atom stereocenters. The van der Waals surface area contributed by atoms with Gasteiger partial charge in [-0.3, -0.25) is 14.4 Å². The van der Waals surface area contributed by atoms with Gasteiger partial charge in [0.05, 0.1) is 17.9 Å². The highest BCUT2D eigenvalue weighted by Gasteiger charge is 2.40. The van der Waals surface area contributed by atoms with Gasteiger partial charge in [-0.1, -0.05) is 36.8 Å². The average Bonchev–Trinajstić information content (AvgIpc) is 3.21. The highest BCUT2D eigenvalue weighted by atomic mass is 16.4. The Morgan fingerprint density at radius 2 is 1.96 bits per heavy atom. The molecular formula is C19H24N2O4. The second kappa shape index (κ2) is 7.25. The van der Waals surface area contributed by atoms with Gasteiger partial charge in [-0.2, -0.15) is 0 Å². The fourth-order valence-corrected chi connectivity index (χ4v) is 3.92. The molecule has 1 aromatic carbocycles. The zero-order valence-corrected chi connectivity index (χ0v) is 14.4. The number of carbonyl (C=O) groups is 3. The van der Waals surface area contributed by atoms with E-state index in [1.165, 1.54) is 0 Å². The first kappa shape index (κ1) is 17.5. The Hall–Kier alpha value is -2.37. The van der Waals surface area contributed by atoms with Crippen molar-refractivity contribution in [2.75, 3.05) is 6.54 Å². The van der Waals surface area contributed by atoms with Crippen LogP contribution in [0.1, 0.15) is 44.2 Å². The topological polar surface area (TPSA) is 86.7 Å². The summed E-state index contributed by atoms with van der Waals surface area (Å²) >= 11 is 0. The Morgan fingerprint density at radius 3 is 2.64 bits per heavy atom. The number of carboxylic acid groups (broad SMARTS) is 1. The van der Waals surface area contributed by atoms with Crippen LogP contribution in [0.3, 0.4) is 0 Å². The molecule has 134 valence electrons. The summed E-state index contributed by atoms with van der Waals surface area (Å²) in [6.45, 7) is 2.34. The molecule has 1 aliphatic carbocycles. The number of nitrogens with one attached hydrogen (secondary N) is 1. The number of aliphatic carboxylic acids is 1. The van der Waals surface area contributed by atoms with Gasteiger partial charge in [0.15, 0.2) is 0 Å². The van der Waals surface area contributed by atoms with E-state index in [4.69, 9.17) is 0 Å². The lowest BCUT2D eigenvalue weighted by atomic mass is 10.0. The van der Waals surface area contributed by atoms with Gasteiger partial charge < -0.3 is 15.3 Å². The maximum absolute atomic E-state index is 12.5. The molecule has 1 saturated carbocycles. The number of hydrogen-bond donors (Lipinski definition) is 2. The van der Waals surface area contributed by atoms with Crippen molar-refractivity contribution in [2.24, 2.45) is 11.8 Å². The molecule has 1 aliphatic heterocycles. The molecule has 6 nitrogen and oxygen atoms in total. The van der Waals surface area contributed by atoms with Gasteiger partial charge in [0.1, 0.15) is 0 Å². The first-order valence-electron chi connectivity index (χ1n) is 8.85. The second-order valence-electron chi connectivity index (χ2n) is 7.02. The number of rotatable bonds is 5. The fraction of sp³-hybridized carbons (Fsp3) is 0.526. The van der Waals surface area contributed by atoms with E-state index in [1.807, 2.05) is 37.3 Å². The van der Waals surface area contributed by atoms with Crippen molar-refractivity contribution in [3.63, 3.8) is 0 Å². The van der Waals surface area contributed by atoms with Gasteiger partial charge in [-0.25, -0.2) is 0 Å². The summed E-state index contributed by atoms with van der Waals surface area (Å²) in [7, 11) is 0. The molecule has 0 aromatic heterocycles. The fourth-order valence-electron chi connectivity index (χ4n) is 3.92. The summed E-state index contributed by atoms with van der Waals surface area (Å²) in [5.41, 5.74) is 1.04. The van der Waals surface area contributed by atoms with Gasteiger partial charge in [-0.15, -0.1) is 0 Å². The minimum atomic E-state index is -0.857. The van der Waals surface area contributed by atoms with Crippen LogP contribution >= 0.6 is 0 Å². The number of hydrogen-bond acceptors (Lipinski definition) is 3. The number of benzene rings is 1. The van der Waals surface area contributed by atoms with Crippen molar-refractivity contribution < 1.29 is 19.5 Å². The molecule has 2 amide bonds. The summed E-state index contributed by atoms with van der Waals surface area (Å²) < 4.78 is 0. The van der Waals surface area contributed by atoms with Gasteiger partial charge in [0, 0.05) is 19.0 Å². The third-order valence-corrected chi connectivity index (χ3v) is 5.44. The normalized spacial score (nSPS) is 27.3. The predicted molar refractivity (Wildman–Crippen MR) is 91.6 cm³/mol. The molecule has 2 fully saturated rings. The van der Waals surface area contributed by atoms with Gasteiger partial charge in [0.2, 0.25) is 11.8 Å². The van der Waals surface area contributed by atoms with Crippen LogP contribution in [0.5, 0.6) is 0 Å². The summed E-state index contributed by atoms with van der Waals surface area (Å²) in [5.74, 6) is -2.01. The van der Waals surface area contributed by atoms with Crippen molar-refractivity contribution in [3.8, 4) is 0 Å². The van der Waals surface area contributed by atoms with E-state index in [0.29, 0.717) is 19.4 Å². The van der Waals surface area contributed by atoms with E-state index >= 15 is 0 Å². The van der Waals surface area contributed by atoms with Crippen molar-refractivity contribution in [2.45, 2.75) is 44.7 Å². The Balaban J connectivity index is 1.62. The smallest absolute Gasteiger partial charge is 0.308 e. The third kappa shape index (κ3) is 3.67. The van der Waals surface area contributed by atoms with E-state index in [1.54, 1.807) is 4.90 Å². The van der Waals surface area contributed by atoms with Gasteiger partial charge >= 0.3 is 5.97 Å². The third-order valence-electron chi connectivity index (χ3n) is 5.44. The van der Waals surface area contributed by atoms with Gasteiger partial charge in [0.25, 0.3) is 0 Å². The summed E-state index contributed by atoms with van der Waals surface area (Å²) in [4.78, 5) is 37.9. The maximum atomic E-state index is 12.5. The molecule has 3 rings (SSSR count). The van der Waals surface area contributed by atoms with Crippen LogP contribution in [0.15, 0.2) is 30.3 Å². The van der Waals surface area contributed by atoms with Crippen LogP contribution in [0.25, 0.3) is 0 Å². The van der Waals surface area contributed by atoms with Crippen LogP contribution in [0.2, 0.25) is 0 Å². The number of nitrogens with zero attached hydrogens (tertiary/aromatic N) is 1. The number of carbonyl (C=O) groups excluding carboxylic acids is 2. The Labute approximate surface area is 147 Å². The standard InChI is InChI=1S/C19H24N2O4/c1-12(13-6-3-2-4-7-13)21-11-14(10-17(21)22)18(23)20-16-9-5-8-15(16)19(24)25/h2-4,6-7,12,14-16H,5,8-11H2,1H3,(H,20,23)(H,24,25)/t12-,14-,15+,16+/m1/s1. The molecule has 1 heterocycles.